The number of carboxylic acid groups (broad SMARTS) is 1. The van der Waals surface area contributed by atoms with E-state index < -0.39 is 5.97 Å². The average molecular weight is 299 g/mol. The lowest BCUT2D eigenvalue weighted by Gasteiger charge is -2.21. The van der Waals surface area contributed by atoms with Gasteiger partial charge in [-0.25, -0.2) is 4.79 Å². The van der Waals surface area contributed by atoms with Crippen LogP contribution in [0.5, 0.6) is 0 Å². The van der Waals surface area contributed by atoms with Gasteiger partial charge in [0.05, 0.1) is 5.92 Å². The van der Waals surface area contributed by atoms with Crippen LogP contribution in [0, 0.1) is 11.8 Å². The monoisotopic (exact) mass is 299 g/mol. The van der Waals surface area contributed by atoms with Gasteiger partial charge in [-0.3, -0.25) is 4.79 Å². The fourth-order valence-corrected chi connectivity index (χ4v) is 2.68. The van der Waals surface area contributed by atoms with E-state index in [9.17, 15) is 9.59 Å². The highest BCUT2D eigenvalue weighted by atomic mass is 16.4. The predicted molar refractivity (Wildman–Crippen MR) is 82.3 cm³/mol. The lowest BCUT2D eigenvalue weighted by atomic mass is 9.96. The van der Waals surface area contributed by atoms with E-state index in [4.69, 9.17) is 5.11 Å². The fourth-order valence-electron chi connectivity index (χ4n) is 2.68. The second-order valence-electron chi connectivity index (χ2n) is 6.20. The first kappa shape index (κ1) is 17.8. The molecule has 1 fully saturated rings. The van der Waals surface area contributed by atoms with E-state index in [0.717, 1.165) is 32.2 Å². The van der Waals surface area contributed by atoms with Crippen molar-refractivity contribution in [3.63, 3.8) is 0 Å². The maximum absolute atomic E-state index is 11.7. The maximum Gasteiger partial charge on any atom is 0.314 e. The van der Waals surface area contributed by atoms with Crippen LogP contribution in [0.25, 0.3) is 0 Å². The lowest BCUT2D eigenvalue weighted by molar-refractivity contribution is -0.142. The molecule has 0 spiro atoms. The summed E-state index contributed by atoms with van der Waals surface area (Å²) in [6.07, 6.45) is 3.46. The summed E-state index contributed by atoms with van der Waals surface area (Å²) in [5.41, 5.74) is 0. The number of carbonyl (C=O) groups is 2. The zero-order chi connectivity index (χ0) is 15.8. The highest BCUT2D eigenvalue weighted by molar-refractivity contribution is 5.74. The number of hydrogen-bond acceptors (Lipinski definition) is 3. The van der Waals surface area contributed by atoms with Gasteiger partial charge in [0.15, 0.2) is 0 Å². The summed E-state index contributed by atoms with van der Waals surface area (Å²) < 4.78 is 0. The second-order valence-corrected chi connectivity index (χ2v) is 6.20. The van der Waals surface area contributed by atoms with E-state index in [1.807, 2.05) is 0 Å². The second kappa shape index (κ2) is 8.87. The highest BCUT2D eigenvalue weighted by Gasteiger charge is 2.32. The van der Waals surface area contributed by atoms with Gasteiger partial charge in [0, 0.05) is 19.1 Å². The third-order valence-electron chi connectivity index (χ3n) is 4.36. The maximum atomic E-state index is 11.7. The van der Waals surface area contributed by atoms with Gasteiger partial charge >= 0.3 is 12.0 Å². The molecule has 21 heavy (non-hydrogen) atoms. The molecule has 0 radical (unpaired) electrons. The summed E-state index contributed by atoms with van der Waals surface area (Å²) in [6, 6.07) is 0.312. The van der Waals surface area contributed by atoms with Crippen LogP contribution in [0.1, 0.15) is 39.5 Å². The summed E-state index contributed by atoms with van der Waals surface area (Å²) in [6.45, 7) is 6.31. The Hall–Kier alpha value is -1.30. The third kappa shape index (κ3) is 6.33. The summed E-state index contributed by atoms with van der Waals surface area (Å²) in [4.78, 5) is 25.0. The third-order valence-corrected chi connectivity index (χ3v) is 4.36. The quantitative estimate of drug-likeness (QED) is 0.594. The van der Waals surface area contributed by atoms with Crippen molar-refractivity contribution in [3.05, 3.63) is 0 Å². The van der Waals surface area contributed by atoms with Crippen LogP contribution >= 0.6 is 0 Å². The topological polar surface area (TPSA) is 81.7 Å². The Labute approximate surface area is 127 Å². The number of aliphatic carboxylic acids is 1. The van der Waals surface area contributed by atoms with Gasteiger partial charge in [0.2, 0.25) is 0 Å². The number of nitrogens with zero attached hydrogens (tertiary/aromatic N) is 1. The highest BCUT2D eigenvalue weighted by Crippen LogP contribution is 2.31. The van der Waals surface area contributed by atoms with Crippen molar-refractivity contribution in [2.24, 2.45) is 11.8 Å². The first-order chi connectivity index (χ1) is 9.91. The van der Waals surface area contributed by atoms with Crippen molar-refractivity contribution in [1.29, 1.82) is 0 Å². The molecule has 1 aliphatic carbocycles. The summed E-state index contributed by atoms with van der Waals surface area (Å²) in [5.74, 6) is -0.971. The molecular formula is C15H29N3O3. The van der Waals surface area contributed by atoms with Gasteiger partial charge in [-0.05, 0) is 52.6 Å². The van der Waals surface area contributed by atoms with Crippen molar-refractivity contribution in [2.75, 3.05) is 26.7 Å². The molecule has 1 saturated carbocycles. The molecule has 6 nitrogen and oxygen atoms in total. The Morgan fingerprint density at radius 2 is 2.00 bits per heavy atom. The molecule has 2 atom stereocenters. The summed E-state index contributed by atoms with van der Waals surface area (Å²) in [5, 5.41) is 14.7. The molecule has 0 saturated heterocycles. The van der Waals surface area contributed by atoms with Crippen LogP contribution in [0.3, 0.4) is 0 Å². The molecule has 122 valence electrons. The number of carboxylic acids is 1. The largest absolute Gasteiger partial charge is 0.481 e. The SMILES string of the molecule is CC(C)N(C)CCCNC(=O)NCC1CCCC1C(=O)O. The van der Waals surface area contributed by atoms with Crippen LogP contribution in [-0.2, 0) is 4.79 Å². The summed E-state index contributed by atoms with van der Waals surface area (Å²) in [7, 11) is 2.07. The fraction of sp³-hybridized carbons (Fsp3) is 0.867. The molecule has 0 aromatic carbocycles. The minimum absolute atomic E-state index is 0.0697. The van der Waals surface area contributed by atoms with Crippen molar-refractivity contribution in [1.82, 2.24) is 15.5 Å². The van der Waals surface area contributed by atoms with Crippen LogP contribution in [0.2, 0.25) is 0 Å². The molecule has 0 bridgehead atoms. The van der Waals surface area contributed by atoms with Gasteiger partial charge in [-0.2, -0.15) is 0 Å². The van der Waals surface area contributed by atoms with Crippen LogP contribution in [0.4, 0.5) is 4.79 Å². The number of hydrogen-bond donors (Lipinski definition) is 3. The molecule has 0 heterocycles. The van der Waals surface area contributed by atoms with Crippen molar-refractivity contribution >= 4 is 12.0 Å². The predicted octanol–water partition coefficient (Wildman–Crippen LogP) is 1.52. The number of nitrogens with one attached hydrogen (secondary N) is 2. The van der Waals surface area contributed by atoms with E-state index in [-0.39, 0.29) is 17.9 Å². The smallest absolute Gasteiger partial charge is 0.314 e. The Kier molecular flexibility index (Phi) is 7.50. The Bertz CT molecular complexity index is 347. The average Bonchev–Trinajstić information content (AvgIpc) is 2.89. The first-order valence-corrected chi connectivity index (χ1v) is 7.86. The first-order valence-electron chi connectivity index (χ1n) is 7.86. The van der Waals surface area contributed by atoms with Gasteiger partial charge < -0.3 is 20.6 Å². The van der Waals surface area contributed by atoms with E-state index >= 15 is 0 Å². The van der Waals surface area contributed by atoms with Crippen molar-refractivity contribution in [3.8, 4) is 0 Å². The van der Waals surface area contributed by atoms with E-state index in [2.05, 4.69) is 36.4 Å². The molecule has 2 amide bonds. The molecule has 1 rings (SSSR count). The van der Waals surface area contributed by atoms with E-state index in [1.54, 1.807) is 0 Å². The molecule has 0 aliphatic heterocycles. The zero-order valence-electron chi connectivity index (χ0n) is 13.4. The lowest BCUT2D eigenvalue weighted by Crippen LogP contribution is -2.40. The van der Waals surface area contributed by atoms with Crippen molar-refractivity contribution < 1.29 is 14.7 Å². The number of rotatable bonds is 8. The van der Waals surface area contributed by atoms with Gasteiger partial charge in [-0.1, -0.05) is 6.42 Å². The number of carbonyl (C=O) groups excluding carboxylic acids is 1. The Balaban J connectivity index is 2.13. The van der Waals surface area contributed by atoms with Crippen molar-refractivity contribution in [2.45, 2.75) is 45.6 Å². The molecular weight excluding hydrogens is 270 g/mol. The zero-order valence-corrected chi connectivity index (χ0v) is 13.4. The summed E-state index contributed by atoms with van der Waals surface area (Å²) >= 11 is 0. The Morgan fingerprint density at radius 3 is 2.62 bits per heavy atom. The van der Waals surface area contributed by atoms with Crippen LogP contribution in [0.15, 0.2) is 0 Å². The number of amides is 2. The molecule has 6 heteroatoms. The number of urea groups is 1. The van der Waals surface area contributed by atoms with Crippen LogP contribution in [-0.4, -0.2) is 54.7 Å². The minimum Gasteiger partial charge on any atom is -0.481 e. The molecule has 1 aliphatic rings. The normalized spacial score (nSPS) is 21.8. The minimum atomic E-state index is -0.739. The molecule has 0 aromatic heterocycles. The van der Waals surface area contributed by atoms with Gasteiger partial charge in [0.25, 0.3) is 0 Å². The van der Waals surface area contributed by atoms with Gasteiger partial charge in [0.1, 0.15) is 0 Å². The van der Waals surface area contributed by atoms with Gasteiger partial charge in [-0.15, -0.1) is 0 Å². The molecule has 3 N–H and O–H groups in total. The van der Waals surface area contributed by atoms with E-state index in [1.165, 1.54) is 0 Å². The van der Waals surface area contributed by atoms with E-state index in [0.29, 0.717) is 19.1 Å². The Morgan fingerprint density at radius 1 is 1.29 bits per heavy atom. The standard InChI is InChI=1S/C15H29N3O3/c1-11(2)18(3)9-5-8-16-15(21)17-10-12-6-4-7-13(12)14(19)20/h11-13H,4-10H2,1-3H3,(H,19,20)(H2,16,17,21). The molecule has 2 unspecified atom stereocenters. The molecule has 0 aromatic rings. The van der Waals surface area contributed by atoms with Crippen LogP contribution < -0.4 is 10.6 Å².